The van der Waals surface area contributed by atoms with Gasteiger partial charge in [-0.3, -0.25) is 9.78 Å². The van der Waals surface area contributed by atoms with Crippen LogP contribution in [0.2, 0.25) is 0 Å². The van der Waals surface area contributed by atoms with Crippen LogP contribution in [-0.2, 0) is 0 Å². The molecule has 0 aliphatic rings. The van der Waals surface area contributed by atoms with Crippen molar-refractivity contribution in [3.8, 4) is 0 Å². The fourth-order valence-electron chi connectivity index (χ4n) is 1.28. The predicted octanol–water partition coefficient (Wildman–Crippen LogP) is 1.45. The van der Waals surface area contributed by atoms with Gasteiger partial charge < -0.3 is 11.1 Å². The number of rotatable bonds is 2. The Morgan fingerprint density at radius 1 is 1.35 bits per heavy atom. The smallest absolute Gasteiger partial charge is 0.259 e. The lowest BCUT2D eigenvalue weighted by atomic mass is 10.2. The maximum absolute atomic E-state index is 13.2. The normalized spacial score (nSPS) is 9.94. The summed E-state index contributed by atoms with van der Waals surface area (Å²) in [6.07, 6.45) is 3.87. The van der Waals surface area contributed by atoms with Gasteiger partial charge in [-0.25, -0.2) is 9.37 Å². The second-order valence-corrected chi connectivity index (χ2v) is 3.25. The molecule has 2 aromatic heterocycles. The minimum absolute atomic E-state index is 0.0493. The quantitative estimate of drug-likeness (QED) is 0.821. The first-order chi connectivity index (χ1) is 8.18. The van der Waals surface area contributed by atoms with Gasteiger partial charge in [0.1, 0.15) is 5.82 Å². The molecule has 3 N–H and O–H groups in total. The predicted molar refractivity (Wildman–Crippen MR) is 60.8 cm³/mol. The van der Waals surface area contributed by atoms with E-state index in [1.165, 1.54) is 24.5 Å². The SMILES string of the molecule is Nc1ncccc1C(=O)Nc1ccncc1F. The lowest BCUT2D eigenvalue weighted by Gasteiger charge is -2.06. The Balaban J connectivity index is 2.24. The zero-order valence-corrected chi connectivity index (χ0v) is 8.72. The van der Waals surface area contributed by atoms with Gasteiger partial charge in [0.05, 0.1) is 17.4 Å². The van der Waals surface area contributed by atoms with E-state index < -0.39 is 11.7 Å². The molecular weight excluding hydrogens is 223 g/mol. The highest BCUT2D eigenvalue weighted by molar-refractivity contribution is 6.07. The molecule has 0 radical (unpaired) electrons. The number of nitrogens with zero attached hydrogens (tertiary/aromatic N) is 2. The van der Waals surface area contributed by atoms with E-state index in [0.717, 1.165) is 6.20 Å². The lowest BCUT2D eigenvalue weighted by molar-refractivity contribution is 0.102. The Bertz CT molecular complexity index is 559. The van der Waals surface area contributed by atoms with Gasteiger partial charge in [-0.05, 0) is 18.2 Å². The first kappa shape index (κ1) is 11.0. The van der Waals surface area contributed by atoms with Gasteiger partial charge in [-0.1, -0.05) is 0 Å². The highest BCUT2D eigenvalue weighted by atomic mass is 19.1. The van der Waals surface area contributed by atoms with Crippen molar-refractivity contribution < 1.29 is 9.18 Å². The van der Waals surface area contributed by atoms with E-state index in [-0.39, 0.29) is 17.1 Å². The van der Waals surface area contributed by atoms with Crippen molar-refractivity contribution in [2.45, 2.75) is 0 Å². The van der Waals surface area contributed by atoms with E-state index in [9.17, 15) is 9.18 Å². The molecule has 6 heteroatoms. The first-order valence-corrected chi connectivity index (χ1v) is 4.80. The van der Waals surface area contributed by atoms with Crippen molar-refractivity contribution in [2.24, 2.45) is 0 Å². The summed E-state index contributed by atoms with van der Waals surface area (Å²) in [6.45, 7) is 0. The minimum Gasteiger partial charge on any atom is -0.383 e. The molecule has 0 bridgehead atoms. The summed E-state index contributed by atoms with van der Waals surface area (Å²) in [6, 6.07) is 4.45. The second-order valence-electron chi connectivity index (χ2n) is 3.25. The van der Waals surface area contributed by atoms with Gasteiger partial charge in [-0.2, -0.15) is 0 Å². The standard InChI is InChI=1S/C11H9FN4O/c12-8-6-14-5-3-9(8)16-11(17)7-2-1-4-15-10(7)13/h1-6H,(H2,13,15)(H,14,16,17). The minimum atomic E-state index is -0.608. The third kappa shape index (κ3) is 2.36. The third-order valence-corrected chi connectivity index (χ3v) is 2.10. The number of carbonyl (C=O) groups is 1. The average molecular weight is 232 g/mol. The number of nitrogens with two attached hydrogens (primary N) is 1. The van der Waals surface area contributed by atoms with E-state index >= 15 is 0 Å². The van der Waals surface area contributed by atoms with Crippen LogP contribution in [0, 0.1) is 5.82 Å². The summed E-state index contributed by atoms with van der Waals surface area (Å²) in [7, 11) is 0. The van der Waals surface area contributed by atoms with Gasteiger partial charge >= 0.3 is 0 Å². The maximum atomic E-state index is 13.2. The largest absolute Gasteiger partial charge is 0.383 e. The van der Waals surface area contributed by atoms with Crippen molar-refractivity contribution in [3.05, 3.63) is 48.2 Å². The van der Waals surface area contributed by atoms with Crippen LogP contribution in [0.4, 0.5) is 15.9 Å². The molecule has 0 fully saturated rings. The van der Waals surface area contributed by atoms with E-state index in [1.54, 1.807) is 6.07 Å². The van der Waals surface area contributed by atoms with Crippen LogP contribution < -0.4 is 11.1 Å². The molecule has 0 unspecified atom stereocenters. The molecular formula is C11H9FN4O. The van der Waals surface area contributed by atoms with E-state index in [4.69, 9.17) is 5.73 Å². The molecule has 0 saturated carbocycles. The fourth-order valence-corrected chi connectivity index (χ4v) is 1.28. The number of hydrogen-bond acceptors (Lipinski definition) is 4. The van der Waals surface area contributed by atoms with Gasteiger partial charge in [0.15, 0.2) is 5.82 Å². The monoisotopic (exact) mass is 232 g/mol. The van der Waals surface area contributed by atoms with Crippen LogP contribution in [0.3, 0.4) is 0 Å². The number of nitrogen functional groups attached to an aromatic ring is 1. The molecule has 2 heterocycles. The van der Waals surface area contributed by atoms with Crippen LogP contribution >= 0.6 is 0 Å². The summed E-state index contributed by atoms with van der Waals surface area (Å²) >= 11 is 0. The second kappa shape index (κ2) is 4.56. The topological polar surface area (TPSA) is 80.9 Å². The van der Waals surface area contributed by atoms with Crippen LogP contribution in [0.15, 0.2) is 36.8 Å². The molecule has 0 aliphatic carbocycles. The molecule has 0 spiro atoms. The molecule has 2 aromatic rings. The molecule has 0 saturated heterocycles. The van der Waals surface area contributed by atoms with Crippen molar-refractivity contribution >= 4 is 17.4 Å². The number of hydrogen-bond donors (Lipinski definition) is 2. The van der Waals surface area contributed by atoms with Crippen molar-refractivity contribution in [3.63, 3.8) is 0 Å². The van der Waals surface area contributed by atoms with E-state index in [0.29, 0.717) is 0 Å². The number of aromatic nitrogens is 2. The van der Waals surface area contributed by atoms with Crippen molar-refractivity contribution in [2.75, 3.05) is 11.1 Å². The van der Waals surface area contributed by atoms with Gasteiger partial charge in [-0.15, -0.1) is 0 Å². The van der Waals surface area contributed by atoms with Crippen LogP contribution in [0.5, 0.6) is 0 Å². The average Bonchev–Trinajstić information content (AvgIpc) is 2.32. The van der Waals surface area contributed by atoms with Crippen LogP contribution in [0.25, 0.3) is 0 Å². The van der Waals surface area contributed by atoms with Gasteiger partial charge in [0, 0.05) is 12.4 Å². The van der Waals surface area contributed by atoms with Crippen molar-refractivity contribution in [1.29, 1.82) is 0 Å². The summed E-state index contributed by atoms with van der Waals surface area (Å²) in [4.78, 5) is 19.1. The molecule has 2 rings (SSSR count). The highest BCUT2D eigenvalue weighted by Crippen LogP contribution is 2.14. The van der Waals surface area contributed by atoms with Gasteiger partial charge in [0.2, 0.25) is 0 Å². The number of anilines is 2. The molecule has 0 atom stereocenters. The lowest BCUT2D eigenvalue weighted by Crippen LogP contribution is -2.15. The fraction of sp³-hybridized carbons (Fsp3) is 0. The maximum Gasteiger partial charge on any atom is 0.259 e. The Kier molecular flexibility index (Phi) is 2.95. The first-order valence-electron chi connectivity index (χ1n) is 4.80. The number of carbonyl (C=O) groups excluding carboxylic acids is 1. The molecule has 86 valence electrons. The summed E-state index contributed by atoms with van der Waals surface area (Å²) < 4.78 is 13.2. The van der Waals surface area contributed by atoms with Crippen LogP contribution in [0.1, 0.15) is 10.4 Å². The summed E-state index contributed by atoms with van der Waals surface area (Å²) in [5.74, 6) is -1.02. The summed E-state index contributed by atoms with van der Waals surface area (Å²) in [5.41, 5.74) is 5.78. The number of nitrogens with one attached hydrogen (secondary N) is 1. The Morgan fingerprint density at radius 2 is 2.18 bits per heavy atom. The number of halogens is 1. The summed E-state index contributed by atoms with van der Waals surface area (Å²) in [5, 5.41) is 2.39. The Morgan fingerprint density at radius 3 is 2.88 bits per heavy atom. The molecule has 17 heavy (non-hydrogen) atoms. The van der Waals surface area contributed by atoms with Crippen molar-refractivity contribution in [1.82, 2.24) is 9.97 Å². The Labute approximate surface area is 96.5 Å². The zero-order chi connectivity index (χ0) is 12.3. The zero-order valence-electron chi connectivity index (χ0n) is 8.72. The van der Waals surface area contributed by atoms with Gasteiger partial charge in [0.25, 0.3) is 5.91 Å². The molecule has 0 aromatic carbocycles. The van der Waals surface area contributed by atoms with E-state index in [2.05, 4.69) is 15.3 Å². The molecule has 0 aliphatic heterocycles. The molecule has 5 nitrogen and oxygen atoms in total. The molecule has 1 amide bonds. The number of amides is 1. The number of pyridine rings is 2. The highest BCUT2D eigenvalue weighted by Gasteiger charge is 2.12. The van der Waals surface area contributed by atoms with E-state index in [1.807, 2.05) is 0 Å². The van der Waals surface area contributed by atoms with Crippen LogP contribution in [-0.4, -0.2) is 15.9 Å². The Hall–Kier alpha value is -2.50. The third-order valence-electron chi connectivity index (χ3n) is 2.10.